The number of hydrogen-bond acceptors (Lipinski definition) is 3. The topological polar surface area (TPSA) is 52.8 Å². The zero-order chi connectivity index (χ0) is 18.1. The van der Waals surface area contributed by atoms with Crippen LogP contribution in [0.2, 0.25) is 0 Å². The van der Waals surface area contributed by atoms with Gasteiger partial charge in [0.15, 0.2) is 5.96 Å². The third-order valence-electron chi connectivity index (χ3n) is 4.52. The highest BCUT2D eigenvalue weighted by Gasteiger charge is 2.08. The van der Waals surface area contributed by atoms with E-state index >= 15 is 0 Å². The van der Waals surface area contributed by atoms with Crippen molar-refractivity contribution in [1.29, 1.82) is 0 Å². The fourth-order valence-electron chi connectivity index (χ4n) is 2.96. The third kappa shape index (κ3) is 6.09. The Bertz CT molecular complexity index is 628. The first-order valence-electron chi connectivity index (χ1n) is 9.33. The summed E-state index contributed by atoms with van der Waals surface area (Å²) in [7, 11) is 1.80. The molecule has 0 saturated heterocycles. The second-order valence-electron chi connectivity index (χ2n) is 6.39. The number of hydrogen-bond donors (Lipinski definition) is 2. The first-order valence-corrected chi connectivity index (χ1v) is 9.33. The largest absolute Gasteiger partial charge is 0.459 e. The Morgan fingerprint density at radius 2 is 2.00 bits per heavy atom. The molecule has 0 radical (unpaired) electrons. The van der Waals surface area contributed by atoms with Gasteiger partial charge in [-0.1, -0.05) is 32.0 Å². The lowest BCUT2D eigenvalue weighted by Gasteiger charge is -2.21. The molecule has 1 heterocycles. The Balaban J connectivity index is 1.76. The number of nitrogens with one attached hydrogen (secondary N) is 2. The Labute approximate surface area is 151 Å². The smallest absolute Gasteiger partial charge is 0.191 e. The summed E-state index contributed by atoms with van der Waals surface area (Å²) in [6.45, 7) is 10.7. The predicted molar refractivity (Wildman–Crippen MR) is 106 cm³/mol. The van der Waals surface area contributed by atoms with Gasteiger partial charge in [-0.3, -0.25) is 4.99 Å². The van der Waals surface area contributed by atoms with Crippen molar-refractivity contribution in [1.82, 2.24) is 15.5 Å². The van der Waals surface area contributed by atoms with Crippen LogP contribution in [0.3, 0.4) is 0 Å². The number of para-hydroxylation sites is 1. The molecule has 0 bridgehead atoms. The number of nitrogens with zero attached hydrogens (tertiary/aromatic N) is 2. The van der Waals surface area contributed by atoms with Crippen LogP contribution in [0.4, 0.5) is 0 Å². The zero-order valence-corrected chi connectivity index (χ0v) is 16.0. The van der Waals surface area contributed by atoms with Crippen LogP contribution in [0.15, 0.2) is 39.7 Å². The molecular weight excluding hydrogens is 312 g/mol. The quantitative estimate of drug-likeness (QED) is 0.539. The molecule has 0 amide bonds. The van der Waals surface area contributed by atoms with Gasteiger partial charge in [0.05, 0.1) is 6.54 Å². The van der Waals surface area contributed by atoms with Crippen LogP contribution in [0.25, 0.3) is 11.0 Å². The van der Waals surface area contributed by atoms with Gasteiger partial charge in [-0.05, 0) is 51.5 Å². The van der Waals surface area contributed by atoms with Crippen molar-refractivity contribution in [3.63, 3.8) is 0 Å². The highest BCUT2D eigenvalue weighted by atomic mass is 16.3. The summed E-state index contributed by atoms with van der Waals surface area (Å²) in [5, 5.41) is 7.92. The van der Waals surface area contributed by atoms with E-state index < -0.39 is 0 Å². The maximum atomic E-state index is 5.83. The van der Waals surface area contributed by atoms with Crippen LogP contribution >= 0.6 is 0 Å². The molecule has 0 fully saturated rings. The second-order valence-corrected chi connectivity index (χ2v) is 6.39. The normalized spacial score (nSPS) is 13.4. The molecule has 1 unspecified atom stereocenters. The molecule has 25 heavy (non-hydrogen) atoms. The predicted octanol–water partition coefficient (Wildman–Crippen LogP) is 3.61. The molecule has 1 aromatic heterocycles. The van der Waals surface area contributed by atoms with Gasteiger partial charge in [-0.2, -0.15) is 0 Å². The third-order valence-corrected chi connectivity index (χ3v) is 4.52. The second kappa shape index (κ2) is 10.1. The fraction of sp³-hybridized carbons (Fsp3) is 0.550. The zero-order valence-electron chi connectivity index (χ0n) is 16.0. The average molecular weight is 345 g/mol. The summed E-state index contributed by atoms with van der Waals surface area (Å²) in [5.74, 6) is 1.73. The van der Waals surface area contributed by atoms with E-state index in [1.165, 1.54) is 6.42 Å². The van der Waals surface area contributed by atoms with E-state index in [0.29, 0.717) is 12.6 Å². The molecule has 5 heteroatoms. The summed E-state index contributed by atoms with van der Waals surface area (Å²) in [4.78, 5) is 6.77. The van der Waals surface area contributed by atoms with Gasteiger partial charge in [0.1, 0.15) is 11.3 Å². The van der Waals surface area contributed by atoms with Gasteiger partial charge in [0.2, 0.25) is 0 Å². The molecule has 2 aromatic rings. The molecule has 1 atom stereocenters. The van der Waals surface area contributed by atoms with Crippen LogP contribution in [0, 0.1) is 0 Å². The molecule has 2 N–H and O–H groups in total. The minimum absolute atomic E-state index is 0.387. The van der Waals surface area contributed by atoms with Gasteiger partial charge in [0, 0.05) is 18.5 Å². The van der Waals surface area contributed by atoms with Gasteiger partial charge in [-0.15, -0.1) is 0 Å². The molecule has 0 aliphatic carbocycles. The van der Waals surface area contributed by atoms with Crippen LogP contribution < -0.4 is 10.6 Å². The fourth-order valence-corrected chi connectivity index (χ4v) is 2.96. The lowest BCUT2D eigenvalue weighted by molar-refractivity contribution is 0.292. The van der Waals surface area contributed by atoms with E-state index in [1.807, 2.05) is 18.2 Å². The Morgan fingerprint density at radius 3 is 2.68 bits per heavy atom. The van der Waals surface area contributed by atoms with Crippen LogP contribution in [0.1, 0.15) is 39.4 Å². The number of fused-ring (bicyclic) bond motifs is 1. The van der Waals surface area contributed by atoms with E-state index in [0.717, 1.165) is 48.7 Å². The van der Waals surface area contributed by atoms with Crippen molar-refractivity contribution < 1.29 is 4.42 Å². The molecule has 0 spiro atoms. The van der Waals surface area contributed by atoms with E-state index in [1.54, 1.807) is 7.05 Å². The first-order chi connectivity index (χ1) is 12.2. The van der Waals surface area contributed by atoms with Gasteiger partial charge in [-0.25, -0.2) is 0 Å². The molecule has 5 nitrogen and oxygen atoms in total. The SMILES string of the molecule is CCN(CC)CCCC(C)NC(=NC)NCc1cc2ccccc2o1. The Hall–Kier alpha value is -2.01. The summed E-state index contributed by atoms with van der Waals surface area (Å²) in [6, 6.07) is 10.5. The summed E-state index contributed by atoms with van der Waals surface area (Å²) >= 11 is 0. The molecule has 1 aromatic carbocycles. The number of benzene rings is 1. The maximum Gasteiger partial charge on any atom is 0.191 e. The first kappa shape index (κ1) is 19.3. The Kier molecular flexibility index (Phi) is 7.79. The number of guanidine groups is 1. The molecule has 0 aliphatic rings. The number of aliphatic imine (C=N–C) groups is 1. The van der Waals surface area contributed by atoms with Crippen LogP contribution in [-0.4, -0.2) is 43.6 Å². The highest BCUT2D eigenvalue weighted by Crippen LogP contribution is 2.18. The average Bonchev–Trinajstić information content (AvgIpc) is 3.05. The summed E-state index contributed by atoms with van der Waals surface area (Å²) in [6.07, 6.45) is 2.32. The highest BCUT2D eigenvalue weighted by molar-refractivity contribution is 5.80. The van der Waals surface area contributed by atoms with E-state index in [2.05, 4.69) is 53.4 Å². The molecular formula is C20H32N4O. The van der Waals surface area contributed by atoms with Crippen molar-refractivity contribution in [2.75, 3.05) is 26.7 Å². The van der Waals surface area contributed by atoms with Crippen molar-refractivity contribution in [2.45, 2.75) is 46.2 Å². The lowest BCUT2D eigenvalue weighted by atomic mass is 10.2. The van der Waals surface area contributed by atoms with Gasteiger partial charge < -0.3 is 20.0 Å². The van der Waals surface area contributed by atoms with Crippen molar-refractivity contribution in [3.05, 3.63) is 36.1 Å². The summed E-state index contributed by atoms with van der Waals surface area (Å²) in [5.41, 5.74) is 0.923. The summed E-state index contributed by atoms with van der Waals surface area (Å²) < 4.78 is 5.83. The standard InChI is InChI=1S/C20H32N4O/c1-5-24(6-2)13-9-10-16(3)23-20(21-4)22-15-18-14-17-11-7-8-12-19(17)25-18/h7-8,11-12,14,16H,5-6,9-10,13,15H2,1-4H3,(H2,21,22,23). The molecule has 2 rings (SSSR count). The molecule has 0 aliphatic heterocycles. The number of furan rings is 1. The molecule has 0 saturated carbocycles. The Morgan fingerprint density at radius 1 is 1.24 bits per heavy atom. The monoisotopic (exact) mass is 344 g/mol. The minimum atomic E-state index is 0.387. The van der Waals surface area contributed by atoms with Crippen LogP contribution in [-0.2, 0) is 6.54 Å². The van der Waals surface area contributed by atoms with Crippen molar-refractivity contribution in [2.24, 2.45) is 4.99 Å². The van der Waals surface area contributed by atoms with Gasteiger partial charge in [0.25, 0.3) is 0 Å². The van der Waals surface area contributed by atoms with E-state index in [4.69, 9.17) is 4.42 Å². The van der Waals surface area contributed by atoms with Crippen LogP contribution in [0.5, 0.6) is 0 Å². The van der Waals surface area contributed by atoms with E-state index in [9.17, 15) is 0 Å². The van der Waals surface area contributed by atoms with E-state index in [-0.39, 0.29) is 0 Å². The van der Waals surface area contributed by atoms with Gasteiger partial charge >= 0.3 is 0 Å². The minimum Gasteiger partial charge on any atom is -0.459 e. The maximum absolute atomic E-state index is 5.83. The van der Waals surface area contributed by atoms with Crippen molar-refractivity contribution >= 4 is 16.9 Å². The molecule has 138 valence electrons. The number of rotatable bonds is 9. The lowest BCUT2D eigenvalue weighted by Crippen LogP contribution is -2.42. The van der Waals surface area contributed by atoms with Crippen molar-refractivity contribution in [3.8, 4) is 0 Å².